The van der Waals surface area contributed by atoms with Crippen LogP contribution in [0.3, 0.4) is 0 Å². The van der Waals surface area contributed by atoms with Crippen LogP contribution in [0, 0.1) is 26.7 Å². The number of piperidine rings is 1. The summed E-state index contributed by atoms with van der Waals surface area (Å²) >= 11 is 0. The Kier molecular flexibility index (Phi) is 5.11. The molecule has 0 radical (unpaired) electrons. The molecule has 3 N–H and O–H groups in total. The van der Waals surface area contributed by atoms with Gasteiger partial charge in [0.1, 0.15) is 17.1 Å². The van der Waals surface area contributed by atoms with Crippen LogP contribution >= 0.6 is 0 Å². The van der Waals surface area contributed by atoms with Crippen LogP contribution in [0.4, 0.5) is 11.8 Å². The van der Waals surface area contributed by atoms with E-state index in [0.717, 1.165) is 37.4 Å². The molecular formula is C18H26N6O2. The molecule has 3 heterocycles. The van der Waals surface area contributed by atoms with Gasteiger partial charge in [-0.1, -0.05) is 12.1 Å². The summed E-state index contributed by atoms with van der Waals surface area (Å²) < 4.78 is 5.11. The van der Waals surface area contributed by atoms with Gasteiger partial charge in [-0.2, -0.15) is 4.98 Å². The third-order valence-corrected chi connectivity index (χ3v) is 5.02. The summed E-state index contributed by atoms with van der Waals surface area (Å²) in [5, 5.41) is 7.04. The largest absolute Gasteiger partial charge is 0.368 e. The number of nitrogens with two attached hydrogens (primary N) is 1. The fourth-order valence-electron chi connectivity index (χ4n) is 3.63. The monoisotopic (exact) mass is 358 g/mol. The second kappa shape index (κ2) is 7.31. The number of amides is 1. The molecule has 2 atom stereocenters. The number of aromatic nitrogens is 3. The van der Waals surface area contributed by atoms with Crippen LogP contribution in [0.1, 0.15) is 47.3 Å². The first-order valence-corrected chi connectivity index (χ1v) is 8.98. The minimum Gasteiger partial charge on any atom is -0.368 e. The second-order valence-corrected chi connectivity index (χ2v) is 6.91. The molecule has 1 saturated heterocycles. The maximum atomic E-state index is 12.7. The molecule has 0 spiro atoms. The van der Waals surface area contributed by atoms with Crippen LogP contribution in [0.5, 0.6) is 0 Å². The lowest BCUT2D eigenvalue weighted by molar-refractivity contribution is 0.0911. The van der Waals surface area contributed by atoms with Gasteiger partial charge in [-0.25, -0.2) is 4.98 Å². The lowest BCUT2D eigenvalue weighted by Gasteiger charge is -2.39. The predicted molar refractivity (Wildman–Crippen MR) is 99.0 cm³/mol. The summed E-state index contributed by atoms with van der Waals surface area (Å²) in [4.78, 5) is 23.4. The van der Waals surface area contributed by atoms with Crippen molar-refractivity contribution < 1.29 is 9.32 Å². The number of anilines is 2. The number of nitrogens with zero attached hydrogens (tertiary/aromatic N) is 4. The lowest BCUT2D eigenvalue weighted by Crippen LogP contribution is -2.51. The molecule has 0 unspecified atom stereocenters. The first-order chi connectivity index (χ1) is 12.4. The number of hydrogen-bond donors (Lipinski definition) is 2. The maximum Gasteiger partial charge on any atom is 0.257 e. The maximum absolute atomic E-state index is 12.7. The molecule has 8 nitrogen and oxygen atoms in total. The van der Waals surface area contributed by atoms with Gasteiger partial charge < -0.3 is 20.5 Å². The van der Waals surface area contributed by atoms with E-state index in [-0.39, 0.29) is 11.9 Å². The molecule has 2 aromatic rings. The number of carbonyl (C=O) groups is 1. The number of carbonyl (C=O) groups excluding carboxylic acids is 1. The molecule has 1 aliphatic heterocycles. The van der Waals surface area contributed by atoms with Crippen molar-refractivity contribution in [2.45, 2.75) is 46.6 Å². The minimum atomic E-state index is -0.111. The van der Waals surface area contributed by atoms with Gasteiger partial charge in [0.2, 0.25) is 5.95 Å². The van der Waals surface area contributed by atoms with Gasteiger partial charge in [0.15, 0.2) is 0 Å². The second-order valence-electron chi connectivity index (χ2n) is 6.91. The standard InChI is InChI=1S/C18H26N6O2/c1-5-13-9-24(15-8-10(2)20-18(19)22-15)7-6-14(13)21-17(25)16-11(3)23-26-12(16)4/h8,13-14H,5-7,9H2,1-4H3,(H,21,25)(H2,19,20,22)/t13-,14+/m1/s1. The molecule has 1 fully saturated rings. The molecule has 0 bridgehead atoms. The Morgan fingerprint density at radius 3 is 2.77 bits per heavy atom. The highest BCUT2D eigenvalue weighted by Gasteiger charge is 2.31. The van der Waals surface area contributed by atoms with E-state index in [2.05, 4.69) is 32.3 Å². The average molecular weight is 358 g/mol. The fraction of sp³-hybridized carbons (Fsp3) is 0.556. The molecule has 8 heteroatoms. The molecule has 26 heavy (non-hydrogen) atoms. The quantitative estimate of drug-likeness (QED) is 0.860. The van der Waals surface area contributed by atoms with Gasteiger partial charge in [-0.15, -0.1) is 0 Å². The minimum absolute atomic E-state index is 0.109. The van der Waals surface area contributed by atoms with Crippen LogP contribution in [0.15, 0.2) is 10.6 Å². The topological polar surface area (TPSA) is 110 Å². The fourth-order valence-corrected chi connectivity index (χ4v) is 3.63. The molecule has 1 amide bonds. The lowest BCUT2D eigenvalue weighted by atomic mass is 9.89. The number of rotatable bonds is 4. The van der Waals surface area contributed by atoms with Gasteiger partial charge in [0.05, 0.1) is 5.69 Å². The molecule has 0 aromatic carbocycles. The number of nitrogens with one attached hydrogen (secondary N) is 1. The first kappa shape index (κ1) is 18.2. The Hall–Kier alpha value is -2.64. The Morgan fingerprint density at radius 1 is 1.38 bits per heavy atom. The van der Waals surface area contributed by atoms with Crippen molar-refractivity contribution in [1.82, 2.24) is 20.4 Å². The van der Waals surface area contributed by atoms with Crippen LogP contribution in [-0.2, 0) is 0 Å². The van der Waals surface area contributed by atoms with Crippen molar-refractivity contribution in [3.8, 4) is 0 Å². The summed E-state index contributed by atoms with van der Waals surface area (Å²) in [7, 11) is 0. The van der Waals surface area contributed by atoms with E-state index in [1.807, 2.05) is 13.0 Å². The van der Waals surface area contributed by atoms with E-state index < -0.39 is 0 Å². The summed E-state index contributed by atoms with van der Waals surface area (Å²) in [5.41, 5.74) is 7.81. The van der Waals surface area contributed by atoms with Gasteiger partial charge in [0.25, 0.3) is 5.91 Å². The van der Waals surface area contributed by atoms with Crippen LogP contribution < -0.4 is 16.0 Å². The van der Waals surface area contributed by atoms with Crippen LogP contribution in [0.25, 0.3) is 0 Å². The van der Waals surface area contributed by atoms with Gasteiger partial charge in [0, 0.05) is 30.9 Å². The van der Waals surface area contributed by atoms with Crippen LogP contribution in [0.2, 0.25) is 0 Å². The van der Waals surface area contributed by atoms with Gasteiger partial charge in [-0.3, -0.25) is 4.79 Å². The zero-order valence-electron chi connectivity index (χ0n) is 15.7. The molecular weight excluding hydrogens is 332 g/mol. The summed E-state index contributed by atoms with van der Waals surface area (Å²) in [6.45, 7) is 9.22. The number of nitrogen functional groups attached to an aromatic ring is 1. The van der Waals surface area contributed by atoms with Crippen molar-refractivity contribution in [3.63, 3.8) is 0 Å². The van der Waals surface area contributed by atoms with Crippen molar-refractivity contribution in [2.75, 3.05) is 23.7 Å². The Bertz CT molecular complexity index is 763. The van der Waals surface area contributed by atoms with Gasteiger partial charge >= 0.3 is 0 Å². The van der Waals surface area contributed by atoms with E-state index in [4.69, 9.17) is 10.3 Å². The third kappa shape index (κ3) is 3.63. The molecule has 0 saturated carbocycles. The van der Waals surface area contributed by atoms with Crippen molar-refractivity contribution in [1.29, 1.82) is 0 Å². The van der Waals surface area contributed by atoms with Crippen molar-refractivity contribution >= 4 is 17.7 Å². The SMILES string of the molecule is CC[C@@H]1CN(c2cc(C)nc(N)n2)CC[C@@H]1NC(=O)c1c(C)noc1C. The van der Waals surface area contributed by atoms with E-state index in [1.165, 1.54) is 0 Å². The van der Waals surface area contributed by atoms with Crippen LogP contribution in [-0.4, -0.2) is 40.2 Å². The summed E-state index contributed by atoms with van der Waals surface area (Å²) in [5.74, 6) is 1.91. The number of aryl methyl sites for hydroxylation is 3. The van der Waals surface area contributed by atoms with E-state index in [0.29, 0.717) is 28.9 Å². The van der Waals surface area contributed by atoms with E-state index in [1.54, 1.807) is 13.8 Å². The smallest absolute Gasteiger partial charge is 0.257 e. The van der Waals surface area contributed by atoms with Crippen molar-refractivity contribution in [2.24, 2.45) is 5.92 Å². The Labute approximate surface area is 153 Å². The number of hydrogen-bond acceptors (Lipinski definition) is 7. The highest BCUT2D eigenvalue weighted by molar-refractivity contribution is 5.96. The molecule has 1 aliphatic rings. The highest BCUT2D eigenvalue weighted by Crippen LogP contribution is 2.25. The molecule has 0 aliphatic carbocycles. The summed E-state index contributed by atoms with van der Waals surface area (Å²) in [6.07, 6.45) is 1.80. The molecule has 140 valence electrons. The average Bonchev–Trinajstić information content (AvgIpc) is 2.93. The van der Waals surface area contributed by atoms with E-state index in [9.17, 15) is 4.79 Å². The zero-order chi connectivity index (χ0) is 18.8. The zero-order valence-corrected chi connectivity index (χ0v) is 15.7. The van der Waals surface area contributed by atoms with Crippen molar-refractivity contribution in [3.05, 3.63) is 28.8 Å². The normalized spacial score (nSPS) is 20.2. The molecule has 2 aromatic heterocycles. The first-order valence-electron chi connectivity index (χ1n) is 8.98. The Balaban J connectivity index is 1.71. The third-order valence-electron chi connectivity index (χ3n) is 5.02. The highest BCUT2D eigenvalue weighted by atomic mass is 16.5. The Morgan fingerprint density at radius 2 is 2.15 bits per heavy atom. The van der Waals surface area contributed by atoms with Gasteiger partial charge in [-0.05, 0) is 39.5 Å². The van der Waals surface area contributed by atoms with E-state index >= 15 is 0 Å². The molecule has 3 rings (SSSR count). The predicted octanol–water partition coefficient (Wildman–Crippen LogP) is 2.01. The summed E-state index contributed by atoms with van der Waals surface area (Å²) in [6, 6.07) is 2.06.